The Morgan fingerprint density at radius 2 is 2.41 bits per heavy atom. The third-order valence-corrected chi connectivity index (χ3v) is 3.59. The number of aromatic nitrogens is 1. The van der Waals surface area contributed by atoms with Crippen LogP contribution in [-0.4, -0.2) is 4.98 Å². The van der Waals surface area contributed by atoms with Crippen LogP contribution in [0.1, 0.15) is 43.2 Å². The van der Waals surface area contributed by atoms with Crippen LogP contribution in [0.2, 0.25) is 0 Å². The van der Waals surface area contributed by atoms with Gasteiger partial charge in [0.25, 0.3) is 0 Å². The highest BCUT2D eigenvalue weighted by molar-refractivity contribution is 7.09. The van der Waals surface area contributed by atoms with Crippen LogP contribution in [0.5, 0.6) is 0 Å². The summed E-state index contributed by atoms with van der Waals surface area (Å²) in [6.45, 7) is 2.10. The molecule has 2 rings (SSSR count). The normalized spacial score (nSPS) is 27.8. The molecule has 0 saturated carbocycles. The average molecular weight is 250 g/mol. The fourth-order valence-corrected chi connectivity index (χ4v) is 2.59. The van der Waals surface area contributed by atoms with Gasteiger partial charge in [-0.15, -0.1) is 0 Å². The molecule has 5 nitrogen and oxygen atoms in total. The SMILES string of the molecule is CC1CCC(OP)c2ncccc2C1N=[N+]=[N-]. The predicted octanol–water partition coefficient (Wildman–Crippen LogP) is 3.71. The van der Waals surface area contributed by atoms with Crippen molar-refractivity contribution in [2.24, 2.45) is 11.0 Å². The van der Waals surface area contributed by atoms with E-state index in [1.807, 2.05) is 12.1 Å². The zero-order valence-corrected chi connectivity index (χ0v) is 10.8. The van der Waals surface area contributed by atoms with Gasteiger partial charge in [-0.25, -0.2) is 0 Å². The maximum Gasteiger partial charge on any atom is 0.103 e. The van der Waals surface area contributed by atoms with Crippen LogP contribution < -0.4 is 0 Å². The first kappa shape index (κ1) is 12.3. The molecular formula is C11H15N4OP. The maximum absolute atomic E-state index is 8.68. The lowest BCUT2D eigenvalue weighted by atomic mass is 9.94. The van der Waals surface area contributed by atoms with Crippen molar-refractivity contribution >= 4 is 9.47 Å². The van der Waals surface area contributed by atoms with Gasteiger partial charge in [0.15, 0.2) is 0 Å². The summed E-state index contributed by atoms with van der Waals surface area (Å²) >= 11 is 0. The number of pyridine rings is 1. The highest BCUT2D eigenvalue weighted by atomic mass is 31.0. The number of rotatable bonds is 2. The van der Waals surface area contributed by atoms with Crippen LogP contribution >= 0.6 is 9.47 Å². The Balaban J connectivity index is 2.51. The van der Waals surface area contributed by atoms with E-state index in [1.165, 1.54) is 0 Å². The van der Waals surface area contributed by atoms with Gasteiger partial charge in [-0.05, 0) is 35.9 Å². The van der Waals surface area contributed by atoms with E-state index in [0.717, 1.165) is 24.1 Å². The van der Waals surface area contributed by atoms with Crippen molar-refractivity contribution in [3.8, 4) is 0 Å². The van der Waals surface area contributed by atoms with E-state index in [4.69, 9.17) is 10.1 Å². The first-order valence-corrected chi connectivity index (χ1v) is 6.09. The van der Waals surface area contributed by atoms with Crippen molar-refractivity contribution < 1.29 is 4.52 Å². The van der Waals surface area contributed by atoms with E-state index < -0.39 is 0 Å². The highest BCUT2D eigenvalue weighted by Gasteiger charge is 2.29. The first-order chi connectivity index (χ1) is 8.27. The van der Waals surface area contributed by atoms with Crippen LogP contribution in [0.25, 0.3) is 10.4 Å². The van der Waals surface area contributed by atoms with Crippen molar-refractivity contribution in [3.63, 3.8) is 0 Å². The van der Waals surface area contributed by atoms with E-state index in [0.29, 0.717) is 5.92 Å². The lowest BCUT2D eigenvalue weighted by molar-refractivity contribution is 0.219. The Kier molecular flexibility index (Phi) is 3.95. The number of fused-ring (bicyclic) bond motifs is 1. The molecule has 0 saturated heterocycles. The molecule has 1 heterocycles. The van der Waals surface area contributed by atoms with Gasteiger partial charge in [0.2, 0.25) is 0 Å². The van der Waals surface area contributed by atoms with Crippen molar-refractivity contribution in [3.05, 3.63) is 40.0 Å². The van der Waals surface area contributed by atoms with E-state index in [9.17, 15) is 0 Å². The zero-order valence-electron chi connectivity index (χ0n) is 9.65. The average Bonchev–Trinajstić information content (AvgIpc) is 2.49. The summed E-state index contributed by atoms with van der Waals surface area (Å²) in [6, 6.07) is 3.70. The molecule has 1 aliphatic carbocycles. The molecule has 17 heavy (non-hydrogen) atoms. The number of hydrogen-bond acceptors (Lipinski definition) is 3. The Morgan fingerprint density at radius 1 is 1.59 bits per heavy atom. The molecule has 4 atom stereocenters. The van der Waals surface area contributed by atoms with Gasteiger partial charge < -0.3 is 4.52 Å². The van der Waals surface area contributed by atoms with Crippen LogP contribution in [0.3, 0.4) is 0 Å². The second-order valence-corrected chi connectivity index (χ2v) is 4.58. The summed E-state index contributed by atoms with van der Waals surface area (Å²) in [5.74, 6) is 0.305. The lowest BCUT2D eigenvalue weighted by Gasteiger charge is -2.17. The molecule has 0 radical (unpaired) electrons. The number of nitrogens with zero attached hydrogens (tertiary/aromatic N) is 4. The fourth-order valence-electron chi connectivity index (χ4n) is 2.33. The molecule has 1 aromatic heterocycles. The van der Waals surface area contributed by atoms with E-state index in [2.05, 4.69) is 31.4 Å². The fraction of sp³-hybridized carbons (Fsp3) is 0.545. The van der Waals surface area contributed by atoms with Gasteiger partial charge in [-0.1, -0.05) is 18.1 Å². The van der Waals surface area contributed by atoms with Crippen LogP contribution in [0.15, 0.2) is 23.4 Å². The standard InChI is InChI=1S/C11H15N4OP/c1-7-4-5-9(16-17)11-8(3-2-6-13-11)10(7)14-15-12/h2-3,6-7,9-10H,4-5,17H2,1H3. The lowest BCUT2D eigenvalue weighted by Crippen LogP contribution is -2.07. The summed E-state index contributed by atoms with van der Waals surface area (Å²) in [4.78, 5) is 7.33. The van der Waals surface area contributed by atoms with E-state index in [1.54, 1.807) is 6.20 Å². The molecule has 0 N–H and O–H groups in total. The minimum atomic E-state index is -0.145. The van der Waals surface area contributed by atoms with Gasteiger partial charge >= 0.3 is 0 Å². The molecule has 0 amide bonds. The van der Waals surface area contributed by atoms with E-state index in [-0.39, 0.29) is 12.1 Å². The van der Waals surface area contributed by atoms with Crippen molar-refractivity contribution in [1.82, 2.24) is 4.98 Å². The largest absolute Gasteiger partial charge is 0.356 e. The topological polar surface area (TPSA) is 70.9 Å². The summed E-state index contributed by atoms with van der Waals surface area (Å²) < 4.78 is 5.39. The Bertz CT molecular complexity index is 447. The van der Waals surface area contributed by atoms with Gasteiger partial charge in [0.1, 0.15) is 6.10 Å². The molecule has 0 bridgehead atoms. The quantitative estimate of drug-likeness (QED) is 0.264. The van der Waals surface area contributed by atoms with Crippen molar-refractivity contribution in [1.29, 1.82) is 0 Å². The van der Waals surface area contributed by atoms with Gasteiger partial charge in [-0.2, -0.15) is 0 Å². The van der Waals surface area contributed by atoms with Crippen molar-refractivity contribution in [2.45, 2.75) is 31.9 Å². The predicted molar refractivity (Wildman–Crippen MR) is 68.1 cm³/mol. The van der Waals surface area contributed by atoms with Crippen molar-refractivity contribution in [2.75, 3.05) is 0 Å². The zero-order chi connectivity index (χ0) is 12.3. The molecule has 0 spiro atoms. The molecule has 0 aromatic carbocycles. The summed E-state index contributed by atoms with van der Waals surface area (Å²) in [6.07, 6.45) is 3.57. The van der Waals surface area contributed by atoms with Crippen LogP contribution in [-0.2, 0) is 4.52 Å². The minimum absolute atomic E-state index is 0.0301. The molecule has 0 aliphatic heterocycles. The van der Waals surface area contributed by atoms with Gasteiger partial charge in [0.05, 0.1) is 11.7 Å². The highest BCUT2D eigenvalue weighted by Crippen LogP contribution is 2.40. The molecule has 1 aromatic rings. The Hall–Kier alpha value is -1.15. The summed E-state index contributed by atoms with van der Waals surface area (Å²) in [5.41, 5.74) is 10.6. The Labute approximate surface area is 102 Å². The third-order valence-electron chi connectivity index (χ3n) is 3.26. The molecule has 4 unspecified atom stereocenters. The molecule has 1 aliphatic rings. The number of hydrogen-bond donors (Lipinski definition) is 0. The van der Waals surface area contributed by atoms with E-state index >= 15 is 0 Å². The molecule has 0 fully saturated rings. The first-order valence-electron chi connectivity index (χ1n) is 5.62. The summed E-state index contributed by atoms with van der Waals surface area (Å²) in [5, 5.41) is 3.91. The van der Waals surface area contributed by atoms with Crippen LogP contribution in [0.4, 0.5) is 0 Å². The van der Waals surface area contributed by atoms with Gasteiger partial charge in [-0.3, -0.25) is 4.98 Å². The van der Waals surface area contributed by atoms with Gasteiger partial charge in [0, 0.05) is 20.6 Å². The maximum atomic E-state index is 8.68. The number of azide groups is 1. The molecule has 90 valence electrons. The van der Waals surface area contributed by atoms with Crippen LogP contribution in [0, 0.1) is 5.92 Å². The smallest absolute Gasteiger partial charge is 0.103 e. The monoisotopic (exact) mass is 250 g/mol. The molecular weight excluding hydrogens is 235 g/mol. The second-order valence-electron chi connectivity index (χ2n) is 4.31. The summed E-state index contributed by atoms with van der Waals surface area (Å²) in [7, 11) is 2.30. The Morgan fingerprint density at radius 3 is 3.12 bits per heavy atom. The third kappa shape index (κ3) is 2.42. The molecule has 6 heteroatoms. The minimum Gasteiger partial charge on any atom is -0.356 e. The second kappa shape index (κ2) is 5.46.